The summed E-state index contributed by atoms with van der Waals surface area (Å²) >= 11 is 0. The fraction of sp³-hybridized carbons (Fsp3) is 0.762. The molecule has 150 valence electrons. The molecule has 0 aromatic heterocycles. The first-order chi connectivity index (χ1) is 12.3. The van der Waals surface area contributed by atoms with E-state index in [9.17, 15) is 20.1 Å². The van der Waals surface area contributed by atoms with E-state index >= 15 is 0 Å². The van der Waals surface area contributed by atoms with Crippen LogP contribution in [0.5, 0.6) is 0 Å². The fourth-order valence-corrected chi connectivity index (χ4v) is 3.58. The van der Waals surface area contributed by atoms with Gasteiger partial charge in [0.25, 0.3) is 0 Å². The molecular formula is C21H36O5. The van der Waals surface area contributed by atoms with Gasteiger partial charge in [0.05, 0.1) is 17.8 Å². The first-order valence-corrected chi connectivity index (χ1v) is 9.91. The van der Waals surface area contributed by atoms with Crippen molar-refractivity contribution < 1.29 is 25.2 Å². The third kappa shape index (κ3) is 8.47. The highest BCUT2D eigenvalue weighted by Gasteiger charge is 2.39. The maximum absolute atomic E-state index is 10.5. The highest BCUT2D eigenvalue weighted by atomic mass is 16.4. The Labute approximate surface area is 157 Å². The average Bonchev–Trinajstić information content (AvgIpc) is 2.82. The van der Waals surface area contributed by atoms with Gasteiger partial charge in [0.1, 0.15) is 0 Å². The summed E-state index contributed by atoms with van der Waals surface area (Å²) in [5.41, 5.74) is -0.889. The van der Waals surface area contributed by atoms with E-state index < -0.39 is 23.8 Å². The van der Waals surface area contributed by atoms with E-state index in [2.05, 4.69) is 6.92 Å². The molecule has 1 aliphatic carbocycles. The minimum absolute atomic E-state index is 0.0802. The third-order valence-corrected chi connectivity index (χ3v) is 5.22. The van der Waals surface area contributed by atoms with Crippen LogP contribution in [0.2, 0.25) is 0 Å². The topological polar surface area (TPSA) is 98.0 Å². The molecule has 1 saturated carbocycles. The zero-order valence-corrected chi connectivity index (χ0v) is 16.2. The summed E-state index contributed by atoms with van der Waals surface area (Å²) in [4.78, 5) is 10.5. The molecule has 4 N–H and O–H groups in total. The Morgan fingerprint density at radius 2 is 1.88 bits per heavy atom. The second-order valence-corrected chi connectivity index (χ2v) is 7.78. The lowest BCUT2D eigenvalue weighted by Crippen LogP contribution is -2.24. The average molecular weight is 369 g/mol. The molecule has 0 aromatic carbocycles. The van der Waals surface area contributed by atoms with Crippen LogP contribution in [0.1, 0.15) is 71.6 Å². The van der Waals surface area contributed by atoms with E-state index in [4.69, 9.17) is 5.11 Å². The van der Waals surface area contributed by atoms with Crippen molar-refractivity contribution in [3.63, 3.8) is 0 Å². The van der Waals surface area contributed by atoms with Crippen LogP contribution in [0.3, 0.4) is 0 Å². The summed E-state index contributed by atoms with van der Waals surface area (Å²) in [5.74, 6) is -1.04. The van der Waals surface area contributed by atoms with E-state index in [1.165, 1.54) is 0 Å². The first kappa shape index (κ1) is 22.9. The van der Waals surface area contributed by atoms with Crippen LogP contribution in [0.4, 0.5) is 0 Å². The summed E-state index contributed by atoms with van der Waals surface area (Å²) in [5, 5.41) is 39.6. The summed E-state index contributed by atoms with van der Waals surface area (Å²) < 4.78 is 0. The van der Waals surface area contributed by atoms with Gasteiger partial charge in [0.2, 0.25) is 0 Å². The van der Waals surface area contributed by atoms with Crippen LogP contribution in [-0.2, 0) is 4.79 Å². The molecule has 1 fully saturated rings. The molecule has 1 unspecified atom stereocenters. The van der Waals surface area contributed by atoms with E-state index in [1.54, 1.807) is 13.0 Å². The van der Waals surface area contributed by atoms with Crippen molar-refractivity contribution in [2.75, 3.05) is 0 Å². The predicted molar refractivity (Wildman–Crippen MR) is 103 cm³/mol. The zero-order chi connectivity index (χ0) is 19.6. The molecule has 5 heteroatoms. The summed E-state index contributed by atoms with van der Waals surface area (Å²) in [6.07, 6.45) is 12.7. The number of aliphatic hydroxyl groups excluding tert-OH is 2. The molecule has 1 rings (SSSR count). The second-order valence-electron chi connectivity index (χ2n) is 7.78. The number of aliphatic carboxylic acids is 1. The Hall–Kier alpha value is -1.17. The van der Waals surface area contributed by atoms with Crippen molar-refractivity contribution in [2.45, 2.75) is 89.4 Å². The molecule has 0 saturated heterocycles. The smallest absolute Gasteiger partial charge is 0.303 e. The van der Waals surface area contributed by atoms with Gasteiger partial charge in [-0.1, -0.05) is 50.5 Å². The van der Waals surface area contributed by atoms with Gasteiger partial charge in [0, 0.05) is 18.8 Å². The molecule has 5 atom stereocenters. The Balaban J connectivity index is 2.56. The Kier molecular flexibility index (Phi) is 10.1. The molecule has 0 aliphatic heterocycles. The van der Waals surface area contributed by atoms with Gasteiger partial charge in [-0.05, 0) is 38.5 Å². The van der Waals surface area contributed by atoms with Crippen molar-refractivity contribution >= 4 is 5.97 Å². The monoisotopic (exact) mass is 368 g/mol. The number of rotatable bonds is 12. The number of aliphatic hydroxyl groups is 3. The van der Waals surface area contributed by atoms with E-state index in [0.29, 0.717) is 32.1 Å². The van der Waals surface area contributed by atoms with Crippen LogP contribution in [0.25, 0.3) is 0 Å². The maximum Gasteiger partial charge on any atom is 0.303 e. The van der Waals surface area contributed by atoms with E-state index in [0.717, 1.165) is 19.3 Å². The molecule has 1 aliphatic rings. The Morgan fingerprint density at radius 1 is 1.15 bits per heavy atom. The molecule has 5 nitrogen and oxygen atoms in total. The SMILES string of the molecule is CCCCC[C@](C)(O)C=CC1[C@@H](O)C[C@@H](O)[C@H]1CC=CCCCC(=O)O. The summed E-state index contributed by atoms with van der Waals surface area (Å²) in [6, 6.07) is 0. The normalized spacial score (nSPS) is 28.8. The van der Waals surface area contributed by atoms with Gasteiger partial charge in [-0.2, -0.15) is 0 Å². The van der Waals surface area contributed by atoms with Gasteiger partial charge in [-0.3, -0.25) is 4.79 Å². The molecule has 0 spiro atoms. The van der Waals surface area contributed by atoms with Crippen LogP contribution >= 0.6 is 0 Å². The van der Waals surface area contributed by atoms with Crippen LogP contribution in [-0.4, -0.2) is 44.2 Å². The van der Waals surface area contributed by atoms with Gasteiger partial charge < -0.3 is 20.4 Å². The lowest BCUT2D eigenvalue weighted by atomic mass is 9.88. The number of allylic oxidation sites excluding steroid dienone is 2. The Bertz CT molecular complexity index is 469. The lowest BCUT2D eigenvalue weighted by molar-refractivity contribution is -0.137. The molecule has 0 radical (unpaired) electrons. The van der Waals surface area contributed by atoms with Crippen LogP contribution in [0.15, 0.2) is 24.3 Å². The predicted octanol–water partition coefficient (Wildman–Crippen LogP) is 3.43. The molecule has 0 aromatic rings. The molecule has 0 amide bonds. The van der Waals surface area contributed by atoms with Crippen molar-refractivity contribution in [2.24, 2.45) is 11.8 Å². The number of hydrogen-bond donors (Lipinski definition) is 4. The van der Waals surface area contributed by atoms with E-state index in [1.807, 2.05) is 18.2 Å². The standard InChI is InChI=1S/C21H36O5/c1-3-4-9-13-21(2,26)14-12-17-16(18(22)15-19(17)23)10-7-5-6-8-11-20(24)25/h5,7,12,14,16-19,22-23,26H,3-4,6,8-11,13,15H2,1-2H3,(H,24,25)/t16-,17?,18+,19-,21-/m0/s1. The maximum atomic E-state index is 10.5. The number of carboxylic acids is 1. The van der Waals surface area contributed by atoms with Crippen LogP contribution in [0, 0.1) is 11.8 Å². The van der Waals surface area contributed by atoms with Crippen molar-refractivity contribution in [1.82, 2.24) is 0 Å². The fourth-order valence-electron chi connectivity index (χ4n) is 3.58. The molecule has 26 heavy (non-hydrogen) atoms. The van der Waals surface area contributed by atoms with Gasteiger partial charge >= 0.3 is 5.97 Å². The number of carboxylic acid groups (broad SMARTS) is 1. The van der Waals surface area contributed by atoms with Crippen molar-refractivity contribution in [3.8, 4) is 0 Å². The minimum atomic E-state index is -0.889. The zero-order valence-electron chi connectivity index (χ0n) is 16.2. The summed E-state index contributed by atoms with van der Waals surface area (Å²) in [7, 11) is 0. The van der Waals surface area contributed by atoms with E-state index in [-0.39, 0.29) is 18.3 Å². The Morgan fingerprint density at radius 3 is 2.54 bits per heavy atom. The number of unbranched alkanes of at least 4 members (excludes halogenated alkanes) is 3. The van der Waals surface area contributed by atoms with Gasteiger partial charge in [0.15, 0.2) is 0 Å². The minimum Gasteiger partial charge on any atom is -0.481 e. The van der Waals surface area contributed by atoms with Gasteiger partial charge in [-0.15, -0.1) is 0 Å². The van der Waals surface area contributed by atoms with Crippen LogP contribution < -0.4 is 0 Å². The molecular weight excluding hydrogens is 332 g/mol. The molecule has 0 bridgehead atoms. The number of hydrogen-bond acceptors (Lipinski definition) is 4. The second kappa shape index (κ2) is 11.5. The highest BCUT2D eigenvalue weighted by Crippen LogP contribution is 2.37. The largest absolute Gasteiger partial charge is 0.481 e. The van der Waals surface area contributed by atoms with Gasteiger partial charge in [-0.25, -0.2) is 0 Å². The number of carbonyl (C=O) groups is 1. The quantitative estimate of drug-likeness (QED) is 0.312. The molecule has 0 heterocycles. The highest BCUT2D eigenvalue weighted by molar-refractivity contribution is 5.66. The first-order valence-electron chi connectivity index (χ1n) is 9.91. The third-order valence-electron chi connectivity index (χ3n) is 5.22. The lowest BCUT2D eigenvalue weighted by Gasteiger charge is -2.23. The van der Waals surface area contributed by atoms with Crippen molar-refractivity contribution in [1.29, 1.82) is 0 Å². The van der Waals surface area contributed by atoms with Crippen molar-refractivity contribution in [3.05, 3.63) is 24.3 Å². The summed E-state index contributed by atoms with van der Waals surface area (Å²) in [6.45, 7) is 3.91.